The molecule has 0 atom stereocenters. The molecule has 2 rings (SSSR count). The Morgan fingerprint density at radius 2 is 1.93 bits per heavy atom. The lowest BCUT2D eigenvalue weighted by atomic mass is 9.92. The van der Waals surface area contributed by atoms with Crippen molar-refractivity contribution in [2.45, 2.75) is 38.7 Å². The summed E-state index contributed by atoms with van der Waals surface area (Å²) < 4.78 is 46.2. The fraction of sp³-hybridized carbons (Fsp3) is 0.471. The summed E-state index contributed by atoms with van der Waals surface area (Å²) in [5.74, 6) is -0.562. The second kappa shape index (κ2) is 8.48. The highest BCUT2D eigenvalue weighted by Gasteiger charge is 2.32. The van der Waals surface area contributed by atoms with Gasteiger partial charge in [0, 0.05) is 7.11 Å². The summed E-state index contributed by atoms with van der Waals surface area (Å²) in [5, 5.41) is 6.61. The van der Waals surface area contributed by atoms with E-state index in [1.165, 1.54) is 23.8 Å². The molecule has 11 heteroatoms. The van der Waals surface area contributed by atoms with E-state index in [9.17, 15) is 22.8 Å². The summed E-state index contributed by atoms with van der Waals surface area (Å²) in [6.07, 6.45) is -4.48. The SMILES string of the molecule is COCCn1c(Br)nn(CC(=O)NC(C)(C)c2cccc(C(F)(F)F)c2)c1=O. The summed E-state index contributed by atoms with van der Waals surface area (Å²) in [5.41, 5.74) is -2.10. The highest BCUT2D eigenvalue weighted by atomic mass is 79.9. The number of hydrogen-bond acceptors (Lipinski definition) is 4. The molecule has 1 heterocycles. The molecule has 1 aromatic heterocycles. The lowest BCUT2D eigenvalue weighted by Gasteiger charge is -2.27. The highest BCUT2D eigenvalue weighted by Crippen LogP contribution is 2.32. The Labute approximate surface area is 167 Å². The molecule has 2 aromatic rings. The van der Waals surface area contributed by atoms with Crippen LogP contribution in [0.4, 0.5) is 13.2 Å². The number of hydrogen-bond donors (Lipinski definition) is 1. The van der Waals surface area contributed by atoms with Crippen molar-refractivity contribution in [3.63, 3.8) is 0 Å². The Hall–Kier alpha value is -2.14. The first-order chi connectivity index (χ1) is 13.0. The number of methoxy groups -OCH3 is 1. The summed E-state index contributed by atoms with van der Waals surface area (Å²) in [4.78, 5) is 24.7. The molecule has 1 N–H and O–H groups in total. The molecule has 0 fully saturated rings. The van der Waals surface area contributed by atoms with Crippen molar-refractivity contribution in [1.82, 2.24) is 19.7 Å². The first-order valence-corrected chi connectivity index (χ1v) is 9.06. The first-order valence-electron chi connectivity index (χ1n) is 8.26. The number of ether oxygens (including phenoxy) is 1. The maximum atomic E-state index is 12.9. The topological polar surface area (TPSA) is 78.2 Å². The van der Waals surface area contributed by atoms with Crippen LogP contribution in [0.3, 0.4) is 0 Å². The smallest absolute Gasteiger partial charge is 0.383 e. The van der Waals surface area contributed by atoms with Crippen molar-refractivity contribution in [2.24, 2.45) is 0 Å². The third-order valence-electron chi connectivity index (χ3n) is 4.05. The van der Waals surface area contributed by atoms with Gasteiger partial charge in [0.2, 0.25) is 10.6 Å². The van der Waals surface area contributed by atoms with Gasteiger partial charge in [-0.15, -0.1) is 5.10 Å². The van der Waals surface area contributed by atoms with Crippen LogP contribution < -0.4 is 11.0 Å². The molecule has 28 heavy (non-hydrogen) atoms. The average molecular weight is 465 g/mol. The zero-order valence-electron chi connectivity index (χ0n) is 15.5. The zero-order chi connectivity index (χ0) is 21.1. The minimum atomic E-state index is -4.48. The summed E-state index contributed by atoms with van der Waals surface area (Å²) in [6.45, 7) is 3.33. The molecule has 0 aliphatic rings. The molecule has 0 aliphatic carbocycles. The minimum absolute atomic E-state index is 0.250. The molecule has 0 spiro atoms. The van der Waals surface area contributed by atoms with E-state index in [0.29, 0.717) is 6.61 Å². The van der Waals surface area contributed by atoms with E-state index in [1.54, 1.807) is 13.8 Å². The lowest BCUT2D eigenvalue weighted by molar-refractivity contribution is -0.137. The van der Waals surface area contributed by atoms with Gasteiger partial charge in [0.25, 0.3) is 0 Å². The zero-order valence-corrected chi connectivity index (χ0v) is 17.1. The van der Waals surface area contributed by atoms with E-state index in [4.69, 9.17) is 4.74 Å². The number of benzene rings is 1. The van der Waals surface area contributed by atoms with Crippen molar-refractivity contribution in [1.29, 1.82) is 0 Å². The summed E-state index contributed by atoms with van der Waals surface area (Å²) in [6, 6.07) is 4.73. The number of aromatic nitrogens is 3. The van der Waals surface area contributed by atoms with Crippen molar-refractivity contribution in [3.8, 4) is 0 Å². The second-order valence-corrected chi connectivity index (χ2v) is 7.31. The van der Waals surface area contributed by atoms with E-state index < -0.39 is 28.9 Å². The molecule has 0 radical (unpaired) electrons. The number of carbonyl (C=O) groups excluding carboxylic acids is 1. The fourth-order valence-corrected chi connectivity index (χ4v) is 3.09. The van der Waals surface area contributed by atoms with Crippen LogP contribution in [0.1, 0.15) is 25.0 Å². The van der Waals surface area contributed by atoms with Gasteiger partial charge >= 0.3 is 11.9 Å². The maximum absolute atomic E-state index is 12.9. The van der Waals surface area contributed by atoms with Gasteiger partial charge in [0.05, 0.1) is 24.3 Å². The van der Waals surface area contributed by atoms with Crippen LogP contribution >= 0.6 is 15.9 Å². The average Bonchev–Trinajstić information content (AvgIpc) is 2.85. The first kappa shape index (κ1) is 22.2. The van der Waals surface area contributed by atoms with Crippen LogP contribution in [0.5, 0.6) is 0 Å². The molecule has 0 saturated heterocycles. The molecule has 0 saturated carbocycles. The van der Waals surface area contributed by atoms with Crippen LogP contribution in [0.25, 0.3) is 0 Å². The number of amides is 1. The third kappa shape index (κ3) is 5.22. The molecule has 7 nitrogen and oxygen atoms in total. The van der Waals surface area contributed by atoms with E-state index in [1.807, 2.05) is 0 Å². The predicted octanol–water partition coefficient (Wildman–Crippen LogP) is 2.52. The molecule has 0 bridgehead atoms. The molecule has 1 aromatic carbocycles. The summed E-state index contributed by atoms with van der Waals surface area (Å²) >= 11 is 3.15. The van der Waals surface area contributed by atoms with Gasteiger partial charge in [0.15, 0.2) is 0 Å². The van der Waals surface area contributed by atoms with Gasteiger partial charge in [-0.2, -0.15) is 13.2 Å². The number of nitrogens with zero attached hydrogens (tertiary/aromatic N) is 3. The molecule has 1 amide bonds. The molecular formula is C17H20BrF3N4O3. The standard InChI is InChI=1S/C17H20BrF3N4O3/c1-16(2,11-5-4-6-12(9-11)17(19,20)21)22-13(26)10-25-15(27)24(7-8-28-3)14(18)23-25/h4-6,9H,7-8,10H2,1-3H3,(H,22,26). The van der Waals surface area contributed by atoms with Crippen LogP contribution in [-0.4, -0.2) is 34.0 Å². The van der Waals surface area contributed by atoms with Crippen molar-refractivity contribution in [2.75, 3.05) is 13.7 Å². The van der Waals surface area contributed by atoms with Crippen molar-refractivity contribution < 1.29 is 22.7 Å². The Morgan fingerprint density at radius 1 is 1.29 bits per heavy atom. The number of rotatable bonds is 7. The van der Waals surface area contributed by atoms with Crippen LogP contribution in [0.2, 0.25) is 0 Å². The van der Waals surface area contributed by atoms with Crippen LogP contribution in [-0.2, 0) is 34.3 Å². The molecule has 154 valence electrons. The Kier molecular flexibility index (Phi) is 6.71. The third-order valence-corrected chi connectivity index (χ3v) is 4.64. The number of alkyl halides is 3. The van der Waals surface area contributed by atoms with Crippen LogP contribution in [0, 0.1) is 0 Å². The fourth-order valence-electron chi connectivity index (χ4n) is 2.57. The molecule has 0 unspecified atom stereocenters. The van der Waals surface area contributed by atoms with Crippen molar-refractivity contribution >= 4 is 21.8 Å². The van der Waals surface area contributed by atoms with Crippen LogP contribution in [0.15, 0.2) is 33.8 Å². The quantitative estimate of drug-likeness (QED) is 0.682. The van der Waals surface area contributed by atoms with E-state index in [2.05, 4.69) is 26.3 Å². The van der Waals surface area contributed by atoms with Gasteiger partial charge in [0.1, 0.15) is 6.54 Å². The van der Waals surface area contributed by atoms with E-state index in [0.717, 1.165) is 16.8 Å². The number of nitrogens with one attached hydrogen (secondary N) is 1. The van der Waals surface area contributed by atoms with E-state index in [-0.39, 0.29) is 23.4 Å². The van der Waals surface area contributed by atoms with Gasteiger partial charge in [-0.25, -0.2) is 9.48 Å². The summed E-state index contributed by atoms with van der Waals surface area (Å²) in [7, 11) is 1.49. The monoisotopic (exact) mass is 464 g/mol. The molecular weight excluding hydrogens is 445 g/mol. The minimum Gasteiger partial charge on any atom is -0.383 e. The number of carbonyl (C=O) groups is 1. The lowest BCUT2D eigenvalue weighted by Crippen LogP contribution is -2.44. The van der Waals surface area contributed by atoms with Gasteiger partial charge < -0.3 is 10.1 Å². The highest BCUT2D eigenvalue weighted by molar-refractivity contribution is 9.10. The van der Waals surface area contributed by atoms with E-state index >= 15 is 0 Å². The Balaban J connectivity index is 2.15. The predicted molar refractivity (Wildman–Crippen MR) is 98.7 cm³/mol. The maximum Gasteiger partial charge on any atom is 0.416 e. The Morgan fingerprint density at radius 3 is 2.54 bits per heavy atom. The molecule has 0 aliphatic heterocycles. The van der Waals surface area contributed by atoms with Crippen molar-refractivity contribution in [3.05, 3.63) is 50.6 Å². The van der Waals surface area contributed by atoms with Gasteiger partial charge in [-0.3, -0.25) is 9.36 Å². The van der Waals surface area contributed by atoms with Gasteiger partial charge in [-0.1, -0.05) is 12.1 Å². The Bertz CT molecular complexity index is 906. The normalized spacial score (nSPS) is 12.2. The number of halogens is 4. The van der Waals surface area contributed by atoms with Gasteiger partial charge in [-0.05, 0) is 47.5 Å². The second-order valence-electron chi connectivity index (χ2n) is 6.61. The largest absolute Gasteiger partial charge is 0.416 e.